The molecule has 0 aromatic heterocycles. The standard InChI is InChI=1S/C22H31N3O3S2/c1-2-3-9-17-11-20(27)24-18(10-15-7-5-4-6-8-15)22-25-19(14-30-22)21(28)23-16(12-26)13-29-17/h4-8,16-19,26H,2-3,9-14H2,1H3,(H,23,28)(H,24,27)/t16-,17+,18+,19-/m1/s1. The Morgan fingerprint density at radius 3 is 2.70 bits per heavy atom. The maximum atomic E-state index is 12.9. The number of fused-ring (bicyclic) bond motifs is 1. The van der Waals surface area contributed by atoms with Gasteiger partial charge in [-0.2, -0.15) is 11.8 Å². The van der Waals surface area contributed by atoms with Crippen LogP contribution >= 0.6 is 23.5 Å². The number of unbranched alkanes of at least 4 members (excludes halogenated alkanes) is 1. The minimum absolute atomic E-state index is 0.0235. The van der Waals surface area contributed by atoms with Crippen molar-refractivity contribution in [3.8, 4) is 0 Å². The number of nitrogens with zero attached hydrogens (tertiary/aromatic N) is 1. The van der Waals surface area contributed by atoms with Crippen molar-refractivity contribution in [2.24, 2.45) is 4.99 Å². The lowest BCUT2D eigenvalue weighted by Crippen LogP contribution is -2.44. The maximum Gasteiger partial charge on any atom is 0.246 e. The molecule has 0 unspecified atom stereocenters. The first-order valence-corrected chi connectivity index (χ1v) is 12.7. The van der Waals surface area contributed by atoms with Crippen LogP contribution in [-0.2, 0) is 16.0 Å². The van der Waals surface area contributed by atoms with E-state index in [1.54, 1.807) is 23.5 Å². The Labute approximate surface area is 187 Å². The number of carbonyl (C=O) groups excluding carboxylic acids is 2. The number of aliphatic hydroxyl groups is 1. The average molecular weight is 450 g/mol. The molecule has 6 nitrogen and oxygen atoms in total. The second-order valence-electron chi connectivity index (χ2n) is 7.79. The van der Waals surface area contributed by atoms with E-state index in [0.29, 0.717) is 24.3 Å². The van der Waals surface area contributed by atoms with Crippen molar-refractivity contribution in [1.82, 2.24) is 10.6 Å². The van der Waals surface area contributed by atoms with Gasteiger partial charge in [0.2, 0.25) is 11.8 Å². The lowest BCUT2D eigenvalue weighted by Gasteiger charge is -2.23. The van der Waals surface area contributed by atoms with Gasteiger partial charge < -0.3 is 15.7 Å². The summed E-state index contributed by atoms with van der Waals surface area (Å²) < 4.78 is 0. The predicted molar refractivity (Wildman–Crippen MR) is 125 cm³/mol. The van der Waals surface area contributed by atoms with Crippen LogP contribution in [0, 0.1) is 0 Å². The van der Waals surface area contributed by atoms with Gasteiger partial charge in [-0.15, -0.1) is 11.8 Å². The second kappa shape index (κ2) is 11.8. The van der Waals surface area contributed by atoms with Gasteiger partial charge in [0.1, 0.15) is 6.04 Å². The number of hydrogen-bond donors (Lipinski definition) is 3. The Balaban J connectivity index is 1.82. The summed E-state index contributed by atoms with van der Waals surface area (Å²) in [4.78, 5) is 30.3. The van der Waals surface area contributed by atoms with Gasteiger partial charge in [-0.1, -0.05) is 50.1 Å². The largest absolute Gasteiger partial charge is 0.394 e. The summed E-state index contributed by atoms with van der Waals surface area (Å²) in [5.41, 5.74) is 1.13. The van der Waals surface area contributed by atoms with Gasteiger partial charge in [0, 0.05) is 23.2 Å². The molecule has 2 amide bonds. The summed E-state index contributed by atoms with van der Waals surface area (Å²) in [6.45, 7) is 2.03. The van der Waals surface area contributed by atoms with Gasteiger partial charge in [0.25, 0.3) is 0 Å². The lowest BCUT2D eigenvalue weighted by molar-refractivity contribution is -0.122. The van der Waals surface area contributed by atoms with Gasteiger partial charge in [0.15, 0.2) is 0 Å². The van der Waals surface area contributed by atoms with Crippen molar-refractivity contribution in [3.05, 3.63) is 35.9 Å². The van der Waals surface area contributed by atoms with Crippen molar-refractivity contribution >= 4 is 40.4 Å². The molecule has 1 aromatic carbocycles. The lowest BCUT2D eigenvalue weighted by atomic mass is 10.1. The van der Waals surface area contributed by atoms with Crippen LogP contribution in [0.2, 0.25) is 0 Å². The van der Waals surface area contributed by atoms with E-state index >= 15 is 0 Å². The highest BCUT2D eigenvalue weighted by atomic mass is 32.2. The highest BCUT2D eigenvalue weighted by molar-refractivity contribution is 8.14. The fourth-order valence-electron chi connectivity index (χ4n) is 3.59. The Kier molecular flexibility index (Phi) is 9.08. The van der Waals surface area contributed by atoms with Crippen LogP contribution in [0.3, 0.4) is 0 Å². The number of carbonyl (C=O) groups is 2. The number of benzene rings is 1. The van der Waals surface area contributed by atoms with Gasteiger partial charge in [-0.3, -0.25) is 14.6 Å². The number of amides is 2. The highest BCUT2D eigenvalue weighted by Gasteiger charge is 2.32. The van der Waals surface area contributed by atoms with E-state index in [9.17, 15) is 14.7 Å². The molecule has 30 heavy (non-hydrogen) atoms. The third-order valence-corrected chi connectivity index (χ3v) is 7.92. The molecule has 0 radical (unpaired) electrons. The normalized spacial score (nSPS) is 27.9. The van der Waals surface area contributed by atoms with Crippen molar-refractivity contribution in [2.75, 3.05) is 18.1 Å². The van der Waals surface area contributed by atoms with Crippen molar-refractivity contribution in [1.29, 1.82) is 0 Å². The van der Waals surface area contributed by atoms with Crippen molar-refractivity contribution < 1.29 is 14.7 Å². The van der Waals surface area contributed by atoms with Crippen molar-refractivity contribution in [2.45, 2.75) is 62.4 Å². The first-order valence-electron chi connectivity index (χ1n) is 10.7. The van der Waals surface area contributed by atoms with E-state index in [-0.39, 0.29) is 35.8 Å². The molecule has 3 N–H and O–H groups in total. The molecule has 8 heteroatoms. The van der Waals surface area contributed by atoms with Gasteiger partial charge in [-0.25, -0.2) is 0 Å². The minimum atomic E-state index is -0.476. The molecule has 0 saturated carbocycles. The van der Waals surface area contributed by atoms with Crippen LogP contribution in [0.5, 0.6) is 0 Å². The number of thioether (sulfide) groups is 2. The summed E-state index contributed by atoms with van der Waals surface area (Å²) in [5.74, 6) is 1.03. The van der Waals surface area contributed by atoms with E-state index in [4.69, 9.17) is 0 Å². The molecule has 0 spiro atoms. The van der Waals surface area contributed by atoms with Crippen LogP contribution in [0.15, 0.2) is 35.3 Å². The highest BCUT2D eigenvalue weighted by Crippen LogP contribution is 2.26. The van der Waals surface area contributed by atoms with Gasteiger partial charge in [0.05, 0.1) is 23.7 Å². The zero-order chi connectivity index (χ0) is 21.3. The molecule has 164 valence electrons. The zero-order valence-electron chi connectivity index (χ0n) is 17.4. The smallest absolute Gasteiger partial charge is 0.246 e. The summed E-state index contributed by atoms with van der Waals surface area (Å²) in [5, 5.41) is 16.8. The molecule has 3 rings (SSSR count). The summed E-state index contributed by atoms with van der Waals surface area (Å²) >= 11 is 3.21. The third kappa shape index (κ3) is 6.75. The molecule has 4 atom stereocenters. The van der Waals surface area contributed by atoms with Crippen LogP contribution in [-0.4, -0.2) is 63.5 Å². The summed E-state index contributed by atoms with van der Waals surface area (Å²) in [7, 11) is 0. The van der Waals surface area contributed by atoms with E-state index in [1.807, 2.05) is 30.3 Å². The molecule has 0 saturated heterocycles. The first kappa shape index (κ1) is 23.2. The third-order valence-electron chi connectivity index (χ3n) is 5.28. The van der Waals surface area contributed by atoms with Crippen LogP contribution in [0.1, 0.15) is 38.2 Å². The molecule has 0 aliphatic carbocycles. The number of hydrogen-bond acceptors (Lipinski definition) is 6. The van der Waals surface area contributed by atoms with E-state index in [0.717, 1.165) is 29.9 Å². The molecule has 2 heterocycles. The van der Waals surface area contributed by atoms with E-state index in [1.165, 1.54) is 0 Å². The molecular formula is C22H31N3O3S2. The Bertz CT molecular complexity index is 744. The number of aliphatic imine (C=N–C) groups is 1. The van der Waals surface area contributed by atoms with E-state index < -0.39 is 6.04 Å². The monoisotopic (exact) mass is 449 g/mol. The van der Waals surface area contributed by atoms with Gasteiger partial charge in [-0.05, 0) is 18.4 Å². The second-order valence-corrected chi connectivity index (χ2v) is 10.2. The van der Waals surface area contributed by atoms with Crippen LogP contribution in [0.4, 0.5) is 0 Å². The molecule has 2 bridgehead atoms. The van der Waals surface area contributed by atoms with Gasteiger partial charge >= 0.3 is 0 Å². The van der Waals surface area contributed by atoms with Crippen molar-refractivity contribution in [3.63, 3.8) is 0 Å². The Morgan fingerprint density at radius 2 is 1.97 bits per heavy atom. The summed E-state index contributed by atoms with van der Waals surface area (Å²) in [6.07, 6.45) is 4.16. The molecule has 1 aromatic rings. The number of rotatable bonds is 6. The molecule has 0 fully saturated rings. The minimum Gasteiger partial charge on any atom is -0.394 e. The Morgan fingerprint density at radius 1 is 1.17 bits per heavy atom. The quantitative estimate of drug-likeness (QED) is 0.620. The molecular weight excluding hydrogens is 418 g/mol. The maximum absolute atomic E-state index is 12.9. The average Bonchev–Trinajstić information content (AvgIpc) is 3.24. The van der Waals surface area contributed by atoms with Crippen LogP contribution in [0.25, 0.3) is 0 Å². The SMILES string of the molecule is CCCC[C@H]1CC(=O)N[C@@H](Cc2ccccc2)C2=N[C@H](CS2)C(=O)N[C@H](CO)CS1. The Hall–Kier alpha value is -1.51. The fraction of sp³-hybridized carbons (Fsp3) is 0.591. The van der Waals surface area contributed by atoms with Crippen LogP contribution < -0.4 is 10.6 Å². The fourth-order valence-corrected chi connectivity index (χ4v) is 5.99. The topological polar surface area (TPSA) is 90.8 Å². The summed E-state index contributed by atoms with van der Waals surface area (Å²) in [6, 6.07) is 9.02. The predicted octanol–water partition coefficient (Wildman–Crippen LogP) is 2.40. The number of aliphatic hydroxyl groups excluding tert-OH is 1. The number of nitrogens with one attached hydrogen (secondary N) is 2. The molecule has 2 aliphatic rings. The van der Waals surface area contributed by atoms with E-state index in [2.05, 4.69) is 22.5 Å². The first-order chi connectivity index (χ1) is 14.6. The zero-order valence-corrected chi connectivity index (χ0v) is 19.0. The molecule has 2 aliphatic heterocycles.